The van der Waals surface area contributed by atoms with Gasteiger partial charge in [-0.05, 0) is 31.6 Å². The van der Waals surface area contributed by atoms with E-state index in [4.69, 9.17) is 0 Å². The molecule has 3 N–H and O–H groups in total. The molecule has 3 unspecified atom stereocenters. The standard InChI is InChI=1S/C25H35N3O4/c1-17(2)13-18(15-23(29)30)24(31)27-21-14-19-16-28(22-10-6-5-9-20(19)22)12-8-4-3-7-11-26-25(21)32/h5-6,9-10,16-19,21H,3-4,7-8,11-15H2,1-2H3,(H2-,26,27,29,30,31,32)/p+1. The maximum Gasteiger partial charge on any atom is 0.304 e. The van der Waals surface area contributed by atoms with E-state index in [1.165, 1.54) is 11.3 Å². The van der Waals surface area contributed by atoms with Gasteiger partial charge in [-0.1, -0.05) is 38.5 Å². The van der Waals surface area contributed by atoms with E-state index in [9.17, 15) is 19.5 Å². The molecule has 7 nitrogen and oxygen atoms in total. The Morgan fingerprint density at radius 1 is 1.19 bits per heavy atom. The Labute approximate surface area is 190 Å². The topological polar surface area (TPSA) is 98.5 Å². The molecule has 32 heavy (non-hydrogen) atoms. The van der Waals surface area contributed by atoms with Crippen molar-refractivity contribution in [1.29, 1.82) is 0 Å². The van der Waals surface area contributed by atoms with Crippen molar-refractivity contribution in [2.75, 3.05) is 13.1 Å². The molecule has 0 saturated carbocycles. The summed E-state index contributed by atoms with van der Waals surface area (Å²) in [6.07, 6.45) is 7.03. The number of benzene rings is 1. The van der Waals surface area contributed by atoms with Crippen molar-refractivity contribution in [3.63, 3.8) is 0 Å². The van der Waals surface area contributed by atoms with Gasteiger partial charge < -0.3 is 15.7 Å². The predicted octanol–water partition coefficient (Wildman–Crippen LogP) is 3.20. The number of rotatable bonds is 6. The summed E-state index contributed by atoms with van der Waals surface area (Å²) in [5.74, 6) is -2.00. The van der Waals surface area contributed by atoms with Crippen molar-refractivity contribution in [2.45, 2.75) is 70.8 Å². The van der Waals surface area contributed by atoms with Crippen LogP contribution in [0.4, 0.5) is 5.69 Å². The molecule has 1 aromatic carbocycles. The van der Waals surface area contributed by atoms with Crippen LogP contribution in [0.25, 0.3) is 0 Å². The van der Waals surface area contributed by atoms with Gasteiger partial charge in [-0.15, -0.1) is 0 Å². The van der Waals surface area contributed by atoms with Crippen LogP contribution in [0.15, 0.2) is 24.3 Å². The zero-order valence-electron chi connectivity index (χ0n) is 19.2. The molecule has 1 aromatic rings. The molecule has 2 bridgehead atoms. The highest BCUT2D eigenvalue weighted by atomic mass is 16.4. The Hall–Kier alpha value is -2.70. The van der Waals surface area contributed by atoms with Gasteiger partial charge in [0.25, 0.3) is 0 Å². The van der Waals surface area contributed by atoms with E-state index in [1.807, 2.05) is 26.0 Å². The third-order valence-corrected chi connectivity index (χ3v) is 6.30. The van der Waals surface area contributed by atoms with Crippen molar-refractivity contribution in [3.05, 3.63) is 29.8 Å². The Kier molecular flexibility index (Phi) is 8.42. The van der Waals surface area contributed by atoms with Gasteiger partial charge in [0.15, 0.2) is 6.21 Å². The molecule has 0 aromatic heterocycles. The first-order valence-corrected chi connectivity index (χ1v) is 11.9. The summed E-state index contributed by atoms with van der Waals surface area (Å²) in [6, 6.07) is 7.52. The van der Waals surface area contributed by atoms with Gasteiger partial charge >= 0.3 is 5.97 Å². The fraction of sp³-hybridized carbons (Fsp3) is 0.600. The molecular formula is C25H36N3O4+. The number of carboxylic acids is 1. The highest BCUT2D eigenvalue weighted by molar-refractivity contribution is 5.90. The van der Waals surface area contributed by atoms with Crippen LogP contribution < -0.4 is 10.6 Å². The zero-order valence-corrected chi connectivity index (χ0v) is 19.2. The number of fused-ring (bicyclic) bond motifs is 4. The summed E-state index contributed by atoms with van der Waals surface area (Å²) in [5.41, 5.74) is 2.34. The number of hydrogen-bond donors (Lipinski definition) is 3. The average Bonchev–Trinajstić information content (AvgIpc) is 3.08. The van der Waals surface area contributed by atoms with Gasteiger partial charge in [0.2, 0.25) is 17.5 Å². The molecule has 2 aliphatic heterocycles. The van der Waals surface area contributed by atoms with Gasteiger partial charge in [-0.25, -0.2) is 4.58 Å². The second kappa shape index (κ2) is 11.2. The van der Waals surface area contributed by atoms with Crippen LogP contribution in [0, 0.1) is 11.8 Å². The smallest absolute Gasteiger partial charge is 0.304 e. The van der Waals surface area contributed by atoms with E-state index in [2.05, 4.69) is 33.6 Å². The number of carbonyl (C=O) groups is 3. The van der Waals surface area contributed by atoms with Crippen LogP contribution in [0.2, 0.25) is 0 Å². The van der Waals surface area contributed by atoms with Crippen molar-refractivity contribution in [3.8, 4) is 0 Å². The molecule has 0 aliphatic carbocycles. The molecule has 0 saturated heterocycles. The van der Waals surface area contributed by atoms with Crippen LogP contribution in [-0.4, -0.2) is 52.8 Å². The molecule has 2 amide bonds. The monoisotopic (exact) mass is 442 g/mol. The maximum absolute atomic E-state index is 13.0. The van der Waals surface area contributed by atoms with Gasteiger partial charge in [0.1, 0.15) is 12.6 Å². The lowest BCUT2D eigenvalue weighted by Crippen LogP contribution is -2.49. The molecule has 174 valence electrons. The number of amides is 2. The van der Waals surface area contributed by atoms with Crippen molar-refractivity contribution in [2.24, 2.45) is 11.8 Å². The zero-order chi connectivity index (χ0) is 23.1. The quantitative estimate of drug-likeness (QED) is 0.589. The molecule has 0 radical (unpaired) electrons. The lowest BCUT2D eigenvalue weighted by Gasteiger charge is -2.23. The molecule has 0 spiro atoms. The van der Waals surface area contributed by atoms with E-state index >= 15 is 0 Å². The fourth-order valence-corrected chi connectivity index (χ4v) is 4.76. The van der Waals surface area contributed by atoms with Crippen molar-refractivity contribution >= 4 is 29.7 Å². The second-order valence-corrected chi connectivity index (χ2v) is 9.43. The third-order valence-electron chi connectivity index (χ3n) is 6.30. The van der Waals surface area contributed by atoms with E-state index < -0.39 is 17.9 Å². The molecule has 3 atom stereocenters. The fourth-order valence-electron chi connectivity index (χ4n) is 4.76. The van der Waals surface area contributed by atoms with Crippen LogP contribution in [0.5, 0.6) is 0 Å². The van der Waals surface area contributed by atoms with Crippen LogP contribution >= 0.6 is 0 Å². The SMILES string of the molecule is CC(C)CC(CC(=O)O)C(=O)NC1CC2C=[N+](CCCCCCNC1=O)c1ccccc12. The Bertz CT molecular complexity index is 864. The normalized spacial score (nSPS) is 22.5. The molecule has 0 fully saturated rings. The van der Waals surface area contributed by atoms with Gasteiger partial charge in [0.05, 0.1) is 12.3 Å². The first-order chi connectivity index (χ1) is 15.3. The first-order valence-electron chi connectivity index (χ1n) is 11.9. The van der Waals surface area contributed by atoms with E-state index in [0.717, 1.165) is 32.2 Å². The summed E-state index contributed by atoms with van der Waals surface area (Å²) in [4.78, 5) is 37.4. The van der Waals surface area contributed by atoms with Crippen LogP contribution in [0.3, 0.4) is 0 Å². The molecule has 2 aliphatic rings. The highest BCUT2D eigenvalue weighted by Gasteiger charge is 2.35. The summed E-state index contributed by atoms with van der Waals surface area (Å²) in [7, 11) is 0. The van der Waals surface area contributed by atoms with Crippen LogP contribution in [-0.2, 0) is 14.4 Å². The third kappa shape index (κ3) is 6.40. The lowest BCUT2D eigenvalue weighted by atomic mass is 9.91. The molecule has 3 rings (SSSR count). The lowest BCUT2D eigenvalue weighted by molar-refractivity contribution is -0.433. The van der Waals surface area contributed by atoms with E-state index in [0.29, 0.717) is 19.4 Å². The van der Waals surface area contributed by atoms with Gasteiger partial charge in [0, 0.05) is 30.5 Å². The minimum absolute atomic E-state index is 0.0195. The average molecular weight is 443 g/mol. The first kappa shape index (κ1) is 24.0. The molecular weight excluding hydrogens is 406 g/mol. The summed E-state index contributed by atoms with van der Waals surface area (Å²) in [5, 5.41) is 15.2. The van der Waals surface area contributed by atoms with Crippen LogP contribution in [0.1, 0.15) is 70.3 Å². The molecule has 2 heterocycles. The predicted molar refractivity (Wildman–Crippen MR) is 123 cm³/mol. The van der Waals surface area contributed by atoms with Crippen molar-refractivity contribution in [1.82, 2.24) is 10.6 Å². The van der Waals surface area contributed by atoms with Gasteiger partial charge in [-0.3, -0.25) is 14.4 Å². The number of nitrogens with zero attached hydrogens (tertiary/aromatic N) is 1. The number of para-hydroxylation sites is 1. The number of hydrogen-bond acceptors (Lipinski definition) is 3. The van der Waals surface area contributed by atoms with Crippen molar-refractivity contribution < 1.29 is 24.1 Å². The highest BCUT2D eigenvalue weighted by Crippen LogP contribution is 2.34. The minimum Gasteiger partial charge on any atom is -0.481 e. The van der Waals surface area contributed by atoms with Gasteiger partial charge in [-0.2, -0.15) is 0 Å². The summed E-state index contributed by atoms with van der Waals surface area (Å²) in [6.45, 7) is 5.46. The summed E-state index contributed by atoms with van der Waals surface area (Å²) >= 11 is 0. The maximum atomic E-state index is 13.0. The molecule has 7 heteroatoms. The Balaban J connectivity index is 1.83. The minimum atomic E-state index is -1.00. The summed E-state index contributed by atoms with van der Waals surface area (Å²) < 4.78 is 2.28. The van der Waals surface area contributed by atoms with E-state index in [-0.39, 0.29) is 30.1 Å². The largest absolute Gasteiger partial charge is 0.481 e. The number of nitrogens with one attached hydrogen (secondary N) is 2. The second-order valence-electron chi connectivity index (χ2n) is 9.43. The number of carboxylic acid groups (broad SMARTS) is 1. The number of carbonyl (C=O) groups excluding carboxylic acids is 2. The van der Waals surface area contributed by atoms with E-state index in [1.54, 1.807) is 0 Å². The number of aliphatic carboxylic acids is 1. The Morgan fingerprint density at radius 2 is 1.94 bits per heavy atom. The Morgan fingerprint density at radius 3 is 2.69 bits per heavy atom.